The Kier molecular flexibility index (Phi) is 7.15. The maximum absolute atomic E-state index is 11.3. The maximum Gasteiger partial charge on any atom is 0.327 e. The highest BCUT2D eigenvalue weighted by Gasteiger charge is 2.13. The smallest absolute Gasteiger partial charge is 0.327 e. The van der Waals surface area contributed by atoms with E-state index in [4.69, 9.17) is 21.9 Å². The molecule has 0 rings (SSSR count). The molecule has 6 nitrogen and oxygen atoms in total. The van der Waals surface area contributed by atoms with Gasteiger partial charge in [-0.05, 0) is 26.3 Å². The van der Waals surface area contributed by atoms with Crippen molar-refractivity contribution in [3.8, 4) is 0 Å². The van der Waals surface area contributed by atoms with Crippen molar-refractivity contribution in [2.24, 2.45) is 17.2 Å². The standard InChI is InChI=1S/C10H19N3O3/c1-7(9(13)14)6-16-10(15)8(12)4-2-3-5-11/h6,8H,2-5,11-12H2,1H3,(H2,13,14)/b7-6+. The fraction of sp³-hybridized carbons (Fsp3) is 0.600. The summed E-state index contributed by atoms with van der Waals surface area (Å²) in [5, 5.41) is 0. The Morgan fingerprint density at radius 3 is 2.50 bits per heavy atom. The molecule has 0 aliphatic carbocycles. The van der Waals surface area contributed by atoms with E-state index in [1.807, 2.05) is 0 Å². The Morgan fingerprint density at radius 2 is 2.00 bits per heavy atom. The van der Waals surface area contributed by atoms with Gasteiger partial charge < -0.3 is 21.9 Å². The molecule has 6 N–H and O–H groups in total. The molecular formula is C10H19N3O3. The summed E-state index contributed by atoms with van der Waals surface area (Å²) in [5.74, 6) is -1.21. The van der Waals surface area contributed by atoms with E-state index < -0.39 is 17.9 Å². The number of carbonyl (C=O) groups is 2. The van der Waals surface area contributed by atoms with E-state index in [1.165, 1.54) is 6.92 Å². The molecular weight excluding hydrogens is 210 g/mol. The van der Waals surface area contributed by atoms with Crippen molar-refractivity contribution < 1.29 is 14.3 Å². The Labute approximate surface area is 94.8 Å². The molecule has 0 saturated heterocycles. The summed E-state index contributed by atoms with van der Waals surface area (Å²) in [6.45, 7) is 2.03. The first-order chi connectivity index (χ1) is 7.49. The Balaban J connectivity index is 3.96. The molecule has 92 valence electrons. The van der Waals surface area contributed by atoms with E-state index in [2.05, 4.69) is 0 Å². The van der Waals surface area contributed by atoms with Crippen molar-refractivity contribution in [1.29, 1.82) is 0 Å². The molecule has 0 bridgehead atoms. The molecule has 0 aromatic carbocycles. The number of hydrogen-bond donors (Lipinski definition) is 3. The first kappa shape index (κ1) is 14.6. The number of carbonyl (C=O) groups excluding carboxylic acids is 2. The lowest BCUT2D eigenvalue weighted by Gasteiger charge is -2.08. The zero-order chi connectivity index (χ0) is 12.6. The zero-order valence-corrected chi connectivity index (χ0v) is 9.44. The van der Waals surface area contributed by atoms with Crippen molar-refractivity contribution in [2.45, 2.75) is 32.2 Å². The summed E-state index contributed by atoms with van der Waals surface area (Å²) in [5.41, 5.74) is 16.0. The van der Waals surface area contributed by atoms with Gasteiger partial charge >= 0.3 is 5.97 Å². The van der Waals surface area contributed by atoms with Gasteiger partial charge in [-0.15, -0.1) is 0 Å². The van der Waals surface area contributed by atoms with Gasteiger partial charge in [0.15, 0.2) is 0 Å². The van der Waals surface area contributed by atoms with Crippen molar-refractivity contribution in [3.05, 3.63) is 11.8 Å². The summed E-state index contributed by atoms with van der Waals surface area (Å²) in [6.07, 6.45) is 3.12. The summed E-state index contributed by atoms with van der Waals surface area (Å²) >= 11 is 0. The first-order valence-electron chi connectivity index (χ1n) is 5.11. The summed E-state index contributed by atoms with van der Waals surface area (Å²) in [7, 11) is 0. The van der Waals surface area contributed by atoms with Gasteiger partial charge in [0.1, 0.15) is 12.3 Å². The second-order valence-electron chi connectivity index (χ2n) is 3.49. The third kappa shape index (κ3) is 6.15. The van der Waals surface area contributed by atoms with Gasteiger partial charge in [-0.1, -0.05) is 6.42 Å². The van der Waals surface area contributed by atoms with Crippen LogP contribution in [0.5, 0.6) is 0 Å². The van der Waals surface area contributed by atoms with Gasteiger partial charge in [0.2, 0.25) is 5.91 Å². The number of ether oxygens (including phenoxy) is 1. The van der Waals surface area contributed by atoms with Crippen LogP contribution in [0.1, 0.15) is 26.2 Å². The minimum atomic E-state index is -0.691. The molecule has 16 heavy (non-hydrogen) atoms. The predicted octanol–water partition coefficient (Wildman–Crippen LogP) is -0.625. The zero-order valence-electron chi connectivity index (χ0n) is 9.44. The summed E-state index contributed by atoms with van der Waals surface area (Å²) in [6, 6.07) is -0.691. The van der Waals surface area contributed by atoms with Gasteiger partial charge in [-0.25, -0.2) is 4.79 Å². The highest BCUT2D eigenvalue weighted by atomic mass is 16.5. The number of unbranched alkanes of at least 4 members (excludes halogenated alkanes) is 1. The van der Waals surface area contributed by atoms with Gasteiger partial charge in [0.25, 0.3) is 0 Å². The Bertz CT molecular complexity index is 276. The molecule has 1 amide bonds. The third-order valence-electron chi connectivity index (χ3n) is 2.01. The lowest BCUT2D eigenvalue weighted by atomic mass is 10.1. The summed E-state index contributed by atoms with van der Waals surface area (Å²) < 4.78 is 4.70. The molecule has 0 fully saturated rings. The maximum atomic E-state index is 11.3. The minimum absolute atomic E-state index is 0.169. The average molecular weight is 229 g/mol. The molecule has 0 aliphatic rings. The monoisotopic (exact) mass is 229 g/mol. The molecule has 0 aromatic heterocycles. The highest BCUT2D eigenvalue weighted by Crippen LogP contribution is 2.01. The fourth-order valence-corrected chi connectivity index (χ4v) is 0.918. The second-order valence-corrected chi connectivity index (χ2v) is 3.49. The topological polar surface area (TPSA) is 121 Å². The lowest BCUT2D eigenvalue weighted by Crippen LogP contribution is -2.31. The minimum Gasteiger partial charge on any atom is -0.433 e. The SMILES string of the molecule is C/C(=C\OC(=O)C(N)CCCCN)C(N)=O. The van der Waals surface area contributed by atoms with E-state index in [0.717, 1.165) is 19.1 Å². The van der Waals surface area contributed by atoms with Crippen LogP contribution in [0.2, 0.25) is 0 Å². The van der Waals surface area contributed by atoms with E-state index in [1.54, 1.807) is 0 Å². The summed E-state index contributed by atoms with van der Waals surface area (Å²) in [4.78, 5) is 21.9. The molecule has 1 unspecified atom stereocenters. The van der Waals surface area contributed by atoms with E-state index in [0.29, 0.717) is 13.0 Å². The van der Waals surface area contributed by atoms with E-state index in [-0.39, 0.29) is 5.57 Å². The Hall–Kier alpha value is -1.40. The van der Waals surface area contributed by atoms with Crippen LogP contribution in [0, 0.1) is 0 Å². The lowest BCUT2D eigenvalue weighted by molar-refractivity contribution is -0.139. The Morgan fingerprint density at radius 1 is 1.38 bits per heavy atom. The van der Waals surface area contributed by atoms with Gasteiger partial charge in [0, 0.05) is 5.57 Å². The largest absolute Gasteiger partial charge is 0.433 e. The van der Waals surface area contributed by atoms with Crippen LogP contribution < -0.4 is 17.2 Å². The van der Waals surface area contributed by atoms with Crippen molar-refractivity contribution in [2.75, 3.05) is 6.54 Å². The van der Waals surface area contributed by atoms with Gasteiger partial charge in [-0.2, -0.15) is 0 Å². The molecule has 0 saturated carbocycles. The van der Waals surface area contributed by atoms with Crippen LogP contribution >= 0.6 is 0 Å². The molecule has 0 spiro atoms. The molecule has 0 radical (unpaired) electrons. The number of primary amides is 1. The van der Waals surface area contributed by atoms with E-state index >= 15 is 0 Å². The number of amides is 1. The average Bonchev–Trinajstić information content (AvgIpc) is 2.25. The van der Waals surface area contributed by atoms with Gasteiger partial charge in [0.05, 0.1) is 0 Å². The molecule has 6 heteroatoms. The fourth-order valence-electron chi connectivity index (χ4n) is 0.918. The highest BCUT2D eigenvalue weighted by molar-refractivity contribution is 5.91. The quantitative estimate of drug-likeness (QED) is 0.232. The van der Waals surface area contributed by atoms with Gasteiger partial charge in [-0.3, -0.25) is 4.79 Å². The van der Waals surface area contributed by atoms with Crippen molar-refractivity contribution in [1.82, 2.24) is 0 Å². The van der Waals surface area contributed by atoms with Crippen LogP contribution in [-0.4, -0.2) is 24.5 Å². The van der Waals surface area contributed by atoms with Crippen LogP contribution in [-0.2, 0) is 14.3 Å². The van der Waals surface area contributed by atoms with Crippen LogP contribution in [0.25, 0.3) is 0 Å². The number of esters is 1. The first-order valence-corrected chi connectivity index (χ1v) is 5.11. The third-order valence-corrected chi connectivity index (χ3v) is 2.01. The molecule has 0 aromatic rings. The van der Waals surface area contributed by atoms with Crippen LogP contribution in [0.4, 0.5) is 0 Å². The number of nitrogens with two attached hydrogens (primary N) is 3. The van der Waals surface area contributed by atoms with Crippen LogP contribution in [0.15, 0.2) is 11.8 Å². The van der Waals surface area contributed by atoms with Crippen molar-refractivity contribution in [3.63, 3.8) is 0 Å². The molecule has 0 heterocycles. The molecule has 1 atom stereocenters. The normalized spacial score (nSPS) is 13.3. The van der Waals surface area contributed by atoms with Crippen LogP contribution in [0.3, 0.4) is 0 Å². The number of rotatable bonds is 7. The predicted molar refractivity (Wildman–Crippen MR) is 59.9 cm³/mol. The molecule has 0 aliphatic heterocycles. The number of hydrogen-bond acceptors (Lipinski definition) is 5. The van der Waals surface area contributed by atoms with Crippen molar-refractivity contribution >= 4 is 11.9 Å². The second kappa shape index (κ2) is 7.84. The van der Waals surface area contributed by atoms with E-state index in [9.17, 15) is 9.59 Å².